The van der Waals surface area contributed by atoms with Gasteiger partial charge in [-0.25, -0.2) is 4.39 Å². The Morgan fingerprint density at radius 2 is 0.873 bits per heavy atom. The normalized spacial score (nSPS) is 23.3. The van der Waals surface area contributed by atoms with Crippen molar-refractivity contribution >= 4 is 11.5 Å². The molecule has 1 spiro atoms. The van der Waals surface area contributed by atoms with Gasteiger partial charge in [0.15, 0.2) is 0 Å². The topological polar surface area (TPSA) is 58.6 Å². The number of aliphatic hydroxyl groups is 1. The van der Waals surface area contributed by atoms with Crippen LogP contribution >= 0.6 is 0 Å². The summed E-state index contributed by atoms with van der Waals surface area (Å²) in [6.45, 7) is 5.10. The van der Waals surface area contributed by atoms with E-state index in [1.807, 2.05) is 26.0 Å². The molecule has 2 aliphatic heterocycles. The number of carbonyl (C=O) groups is 1. The number of rotatable bonds is 2. The lowest BCUT2D eigenvalue weighted by Gasteiger charge is -2.39. The fourth-order valence-corrected chi connectivity index (χ4v) is 10.6. The minimum atomic E-state index is -0.618. The molecule has 1 saturated heterocycles. The molecule has 1 unspecified atom stereocenters. The van der Waals surface area contributed by atoms with E-state index in [-0.39, 0.29) is 17.5 Å². The summed E-state index contributed by atoms with van der Waals surface area (Å²) < 4.78 is 20.2. The highest BCUT2D eigenvalue weighted by Crippen LogP contribution is 2.38. The third kappa shape index (κ3) is 21.5. The van der Waals surface area contributed by atoms with Crippen LogP contribution in [0.5, 0.6) is 0 Å². The lowest BCUT2D eigenvalue weighted by molar-refractivity contribution is -0.119. The first-order valence-corrected chi connectivity index (χ1v) is 27.1. The van der Waals surface area contributed by atoms with Gasteiger partial charge < -0.3 is 15.2 Å². The fourth-order valence-electron chi connectivity index (χ4n) is 10.6. The van der Waals surface area contributed by atoms with E-state index in [0.29, 0.717) is 25.2 Å². The maximum Gasteiger partial charge on any atom is 0.255 e. The van der Waals surface area contributed by atoms with Gasteiger partial charge in [-0.3, -0.25) is 4.79 Å². The molecule has 1 fully saturated rings. The van der Waals surface area contributed by atoms with Gasteiger partial charge >= 0.3 is 0 Å². The third-order valence-electron chi connectivity index (χ3n) is 14.6. The molecule has 0 saturated carbocycles. The molecule has 5 heteroatoms. The van der Waals surface area contributed by atoms with Crippen LogP contribution in [0.3, 0.4) is 0 Å². The highest BCUT2D eigenvalue weighted by atomic mass is 19.1. The van der Waals surface area contributed by atoms with Gasteiger partial charge in [0.25, 0.3) is 5.91 Å². The molecule has 1 amide bonds. The molecule has 2 aromatic rings. The van der Waals surface area contributed by atoms with E-state index >= 15 is 0 Å². The predicted molar refractivity (Wildman–Crippen MR) is 268 cm³/mol. The molecule has 2 heterocycles. The molecule has 63 heavy (non-hydrogen) atoms. The van der Waals surface area contributed by atoms with Crippen LogP contribution in [0.2, 0.25) is 0 Å². The highest BCUT2D eigenvalue weighted by molar-refractivity contribution is 6.22. The summed E-state index contributed by atoms with van der Waals surface area (Å²) in [5.74, 6) is -0.353. The summed E-state index contributed by atoms with van der Waals surface area (Å²) in [5, 5.41) is 15.2. The van der Waals surface area contributed by atoms with E-state index in [0.717, 1.165) is 53.5 Å². The van der Waals surface area contributed by atoms with Gasteiger partial charge in [0.1, 0.15) is 11.6 Å². The number of carbonyl (C=O) groups excluding carboxylic acids is 1. The van der Waals surface area contributed by atoms with Gasteiger partial charge in [0, 0.05) is 13.0 Å². The number of hydrogen-bond acceptors (Lipinski definition) is 3. The zero-order valence-corrected chi connectivity index (χ0v) is 40.9. The minimum Gasteiger partial charge on any atom is -0.511 e. The Kier molecular flexibility index (Phi) is 27.7. The van der Waals surface area contributed by atoms with Crippen molar-refractivity contribution in [1.29, 1.82) is 0 Å². The van der Waals surface area contributed by atoms with Gasteiger partial charge in [-0.1, -0.05) is 249 Å². The molecular weight excluding hydrogens is 778 g/mol. The van der Waals surface area contributed by atoms with E-state index in [1.54, 1.807) is 12.1 Å². The Bertz CT molecular complexity index is 1490. The first-order chi connectivity index (χ1) is 30.9. The largest absolute Gasteiger partial charge is 0.511 e. The molecule has 4 nitrogen and oxygen atoms in total. The predicted octanol–water partition coefficient (Wildman–Crippen LogP) is 18.1. The second-order valence-electron chi connectivity index (χ2n) is 20.2. The zero-order chi connectivity index (χ0) is 44.6. The lowest BCUT2D eigenvalue weighted by atomic mass is 9.80. The molecule has 0 aliphatic carbocycles. The number of aliphatic hydroxyl groups excluding tert-OH is 1. The van der Waals surface area contributed by atoms with Crippen molar-refractivity contribution in [1.82, 2.24) is 5.32 Å². The average molecular weight is 872 g/mol. The number of halogens is 1. The monoisotopic (exact) mass is 872 g/mol. The number of ether oxygens (including phenoxy) is 1. The van der Waals surface area contributed by atoms with Crippen LogP contribution in [-0.2, 0) is 9.53 Å². The first kappa shape index (κ1) is 53.0. The molecule has 2 N–H and O–H groups in total. The van der Waals surface area contributed by atoms with Crippen molar-refractivity contribution in [3.63, 3.8) is 0 Å². The Labute approximate surface area is 386 Å². The summed E-state index contributed by atoms with van der Waals surface area (Å²) in [6, 6.07) is 10.5. The fraction of sp³-hybridized carbons (Fsp3) is 0.741. The van der Waals surface area contributed by atoms with Crippen molar-refractivity contribution in [3.05, 3.63) is 64.7 Å². The number of hydrogen-bond donors (Lipinski definition) is 2. The second-order valence-corrected chi connectivity index (χ2v) is 20.2. The summed E-state index contributed by atoms with van der Waals surface area (Å²) in [7, 11) is 0. The van der Waals surface area contributed by atoms with Gasteiger partial charge in [-0.15, -0.1) is 0 Å². The van der Waals surface area contributed by atoms with Gasteiger partial charge in [-0.2, -0.15) is 0 Å². The first-order valence-electron chi connectivity index (χ1n) is 27.1. The highest BCUT2D eigenvalue weighted by Gasteiger charge is 2.40. The molecule has 0 bridgehead atoms. The third-order valence-corrected chi connectivity index (χ3v) is 14.6. The molecule has 356 valence electrons. The molecule has 4 rings (SSSR count). The number of amides is 1. The van der Waals surface area contributed by atoms with Crippen LogP contribution in [-0.4, -0.2) is 29.8 Å². The van der Waals surface area contributed by atoms with Crippen molar-refractivity contribution in [2.45, 2.75) is 263 Å². The maximum atomic E-state index is 14.2. The van der Waals surface area contributed by atoms with Crippen molar-refractivity contribution in [2.24, 2.45) is 0 Å². The van der Waals surface area contributed by atoms with Crippen molar-refractivity contribution < 1.29 is 19.0 Å². The molecule has 0 radical (unpaired) electrons. The zero-order valence-electron chi connectivity index (χ0n) is 40.9. The molecule has 2 aromatic carbocycles. The van der Waals surface area contributed by atoms with Crippen LogP contribution < -0.4 is 5.32 Å². The molecular formula is C58H94FNO3. The van der Waals surface area contributed by atoms with E-state index in [4.69, 9.17) is 4.74 Å². The van der Waals surface area contributed by atoms with E-state index in [2.05, 4.69) is 5.32 Å². The number of nitrogens with one attached hydrogen (secondary N) is 1. The Morgan fingerprint density at radius 1 is 0.508 bits per heavy atom. The van der Waals surface area contributed by atoms with Crippen LogP contribution in [0.25, 0.3) is 16.7 Å². The molecule has 1 atom stereocenters. The van der Waals surface area contributed by atoms with Crippen LogP contribution in [0.1, 0.15) is 261 Å². The molecule has 2 aliphatic rings. The summed E-state index contributed by atoms with van der Waals surface area (Å²) in [4.78, 5) is 14.2. The second kappa shape index (κ2) is 32.9. The van der Waals surface area contributed by atoms with Crippen LogP contribution in [0.15, 0.2) is 42.2 Å². The van der Waals surface area contributed by atoms with Crippen LogP contribution in [0, 0.1) is 19.7 Å². The summed E-state index contributed by atoms with van der Waals surface area (Å²) in [5.41, 5.74) is 4.18. The SMILES string of the molecule is Cc1ccc(-c2ccc(F)cc2)c(C)c1C1=C(O)CC2(CCCCCCCCCCCCCCCCCCCCCCCCCCCCCCCCCCCCCCOC2)NC1=O. The Morgan fingerprint density at radius 3 is 1.25 bits per heavy atom. The van der Waals surface area contributed by atoms with Crippen LogP contribution in [0.4, 0.5) is 4.39 Å². The van der Waals surface area contributed by atoms with Crippen molar-refractivity contribution in [2.75, 3.05) is 13.2 Å². The van der Waals surface area contributed by atoms with Gasteiger partial charge in [-0.05, 0) is 66.6 Å². The quantitative estimate of drug-likeness (QED) is 0.316. The smallest absolute Gasteiger partial charge is 0.255 e. The summed E-state index contributed by atoms with van der Waals surface area (Å²) in [6.07, 6.45) is 50.3. The van der Waals surface area contributed by atoms with E-state index < -0.39 is 5.54 Å². The van der Waals surface area contributed by atoms with E-state index in [9.17, 15) is 14.3 Å². The maximum absolute atomic E-state index is 14.2. The van der Waals surface area contributed by atoms with E-state index in [1.165, 1.54) is 224 Å². The minimum absolute atomic E-state index is 0.150. The standard InChI is InChI=1S/C58H94FNO3/c1-49-39-44-53(51-40-42-52(59)43-41-51)50(2)55(49)56-54(61)47-58(60-57(56)62)45-37-35-33-31-29-27-25-23-21-19-17-15-13-11-9-7-5-3-4-6-8-10-12-14-16-18-20-22-24-26-28-30-32-34-36-38-46-63-48-58/h39-44,61H,3-38,45-48H2,1-2H3,(H,60,62). The van der Waals surface area contributed by atoms with Gasteiger partial charge in [0.05, 0.1) is 17.7 Å². The summed E-state index contributed by atoms with van der Waals surface area (Å²) >= 11 is 0. The number of aryl methyl sites for hydroxylation is 1. The van der Waals surface area contributed by atoms with Gasteiger partial charge in [0.2, 0.25) is 0 Å². The lowest BCUT2D eigenvalue weighted by Crippen LogP contribution is -2.55. The van der Waals surface area contributed by atoms with Crippen molar-refractivity contribution in [3.8, 4) is 11.1 Å². The Hall–Kier alpha value is -2.66. The average Bonchev–Trinajstić information content (AvgIpc) is 3.27. The Balaban J connectivity index is 1.25. The number of benzene rings is 2. The molecule has 0 aromatic heterocycles.